The molecule has 182 valence electrons. The van der Waals surface area contributed by atoms with E-state index in [9.17, 15) is 19.8 Å². The average molecular weight is 466 g/mol. The number of rotatable bonds is 10. The van der Waals surface area contributed by atoms with Crippen molar-refractivity contribution in [1.82, 2.24) is 5.32 Å². The van der Waals surface area contributed by atoms with Crippen molar-refractivity contribution >= 4 is 28.2 Å². The number of carboxylic acids is 1. The number of benzene rings is 2. The topological polar surface area (TPSA) is 95.9 Å². The number of nitrogens with one attached hydrogen (secondary N) is 1. The normalized spacial score (nSPS) is 13.5. The summed E-state index contributed by atoms with van der Waals surface area (Å²) in [6.45, 7) is 11.1. The smallest absolute Gasteiger partial charge is 0.310 e. The van der Waals surface area contributed by atoms with Gasteiger partial charge in [0.25, 0.3) is 5.91 Å². The molecular weight excluding hydrogens is 430 g/mol. The van der Waals surface area contributed by atoms with Gasteiger partial charge in [-0.3, -0.25) is 9.59 Å². The van der Waals surface area contributed by atoms with Crippen molar-refractivity contribution in [2.75, 3.05) is 13.2 Å². The van der Waals surface area contributed by atoms with E-state index in [0.717, 1.165) is 27.7 Å². The lowest BCUT2D eigenvalue weighted by molar-refractivity contribution is -0.146. The number of ether oxygens (including phenoxy) is 1. The molecule has 3 N–H and O–H groups in total. The van der Waals surface area contributed by atoms with Crippen molar-refractivity contribution in [3.63, 3.8) is 0 Å². The Bertz CT molecular complexity index is 1150. The Morgan fingerprint density at radius 2 is 1.71 bits per heavy atom. The Balaban J connectivity index is 2.37. The number of amides is 1. The van der Waals surface area contributed by atoms with Gasteiger partial charge in [0, 0.05) is 6.54 Å². The molecule has 0 aliphatic carbocycles. The second kappa shape index (κ2) is 11.5. The number of allylic oxidation sites excluding steroid dienone is 4. The second-order valence-corrected chi connectivity index (χ2v) is 8.81. The van der Waals surface area contributed by atoms with Crippen LogP contribution in [0.15, 0.2) is 65.5 Å². The fourth-order valence-electron chi connectivity index (χ4n) is 3.38. The molecule has 0 bridgehead atoms. The Morgan fingerprint density at radius 1 is 1.06 bits per heavy atom. The summed E-state index contributed by atoms with van der Waals surface area (Å²) < 4.78 is 5.57. The highest BCUT2D eigenvalue weighted by atomic mass is 16.5. The average Bonchev–Trinajstić information content (AvgIpc) is 2.81. The first-order chi connectivity index (χ1) is 16.0. The molecule has 34 heavy (non-hydrogen) atoms. The largest absolute Gasteiger partial charge is 0.507 e. The molecule has 1 amide bonds. The number of hydrogen-bond acceptors (Lipinski definition) is 4. The van der Waals surface area contributed by atoms with Crippen LogP contribution in [0.4, 0.5) is 0 Å². The highest BCUT2D eigenvalue weighted by Gasteiger charge is 2.28. The van der Waals surface area contributed by atoms with Crippen LogP contribution in [0.25, 0.3) is 16.3 Å². The Morgan fingerprint density at radius 3 is 2.29 bits per heavy atom. The maximum absolute atomic E-state index is 12.9. The van der Waals surface area contributed by atoms with E-state index in [2.05, 4.69) is 5.32 Å². The molecule has 6 heteroatoms. The van der Waals surface area contributed by atoms with Gasteiger partial charge in [-0.2, -0.15) is 0 Å². The molecule has 2 rings (SSSR count). The number of aliphatic hydroxyl groups is 1. The third-order valence-electron chi connectivity index (χ3n) is 5.77. The predicted molar refractivity (Wildman–Crippen MR) is 137 cm³/mol. The predicted octanol–water partition coefficient (Wildman–Crippen LogP) is 6.04. The van der Waals surface area contributed by atoms with Gasteiger partial charge in [0.15, 0.2) is 0 Å². The maximum Gasteiger partial charge on any atom is 0.310 e. The first-order valence-corrected chi connectivity index (χ1v) is 11.5. The fraction of sp³-hybridized carbons (Fsp3) is 0.357. The van der Waals surface area contributed by atoms with Crippen molar-refractivity contribution in [3.05, 3.63) is 71.0 Å². The number of carboxylic acid groups (broad SMARTS) is 1. The molecule has 0 radical (unpaired) electrons. The van der Waals surface area contributed by atoms with E-state index in [1.54, 1.807) is 13.0 Å². The number of aliphatic hydroxyl groups excluding tert-OH is 1. The van der Waals surface area contributed by atoms with E-state index in [0.29, 0.717) is 18.6 Å². The van der Waals surface area contributed by atoms with Crippen LogP contribution in [0.5, 0.6) is 5.75 Å². The minimum Gasteiger partial charge on any atom is -0.507 e. The molecule has 0 spiro atoms. The lowest BCUT2D eigenvalue weighted by atomic mass is 9.93. The molecule has 0 atom stereocenters. The number of hydrogen-bond donors (Lipinski definition) is 3. The van der Waals surface area contributed by atoms with E-state index in [-0.39, 0.29) is 17.9 Å². The van der Waals surface area contributed by atoms with Crippen molar-refractivity contribution < 1.29 is 24.5 Å². The van der Waals surface area contributed by atoms with Crippen LogP contribution in [0.3, 0.4) is 0 Å². The standard InChI is InChI=1S/C28H35NO5/c1-7-18(4)25(26(31)29-17-28(5,6)27(32)33)24(30)16-19(8-2)20-10-11-22-15-23(34-9-3)13-12-21(22)14-20/h8,10-16,30H,7,9,17H2,1-6H3,(H,29,31)(H,32,33)/b19-8+,24-16+,25-18-. The molecule has 0 saturated heterocycles. The summed E-state index contributed by atoms with van der Waals surface area (Å²) in [6, 6.07) is 11.9. The van der Waals surface area contributed by atoms with Crippen LogP contribution in [0.1, 0.15) is 53.5 Å². The monoisotopic (exact) mass is 465 g/mol. The number of carbonyl (C=O) groups is 2. The molecule has 2 aromatic rings. The molecule has 2 aromatic carbocycles. The van der Waals surface area contributed by atoms with E-state index >= 15 is 0 Å². The van der Waals surface area contributed by atoms with Gasteiger partial charge in [-0.1, -0.05) is 36.8 Å². The van der Waals surface area contributed by atoms with E-state index < -0.39 is 17.3 Å². The van der Waals surface area contributed by atoms with Gasteiger partial charge in [-0.15, -0.1) is 0 Å². The zero-order valence-electron chi connectivity index (χ0n) is 20.9. The Kier molecular flexibility index (Phi) is 9.07. The molecular formula is C28H35NO5. The van der Waals surface area contributed by atoms with Crippen LogP contribution >= 0.6 is 0 Å². The van der Waals surface area contributed by atoms with Gasteiger partial charge in [0.2, 0.25) is 0 Å². The van der Waals surface area contributed by atoms with Crippen LogP contribution in [-0.4, -0.2) is 35.2 Å². The van der Waals surface area contributed by atoms with Crippen molar-refractivity contribution in [2.24, 2.45) is 5.41 Å². The summed E-state index contributed by atoms with van der Waals surface area (Å²) in [6.07, 6.45) is 4.01. The first kappa shape index (κ1) is 26.7. The lowest BCUT2D eigenvalue weighted by Crippen LogP contribution is -2.39. The van der Waals surface area contributed by atoms with E-state index in [4.69, 9.17) is 4.74 Å². The van der Waals surface area contributed by atoms with Gasteiger partial charge in [-0.25, -0.2) is 0 Å². The molecule has 0 fully saturated rings. The molecule has 0 heterocycles. The summed E-state index contributed by atoms with van der Waals surface area (Å²) in [5, 5.41) is 25.0. The van der Waals surface area contributed by atoms with E-state index in [1.807, 2.05) is 63.2 Å². The van der Waals surface area contributed by atoms with Crippen molar-refractivity contribution in [1.29, 1.82) is 0 Å². The first-order valence-electron chi connectivity index (χ1n) is 11.5. The van der Waals surface area contributed by atoms with Gasteiger partial charge in [0.1, 0.15) is 11.5 Å². The second-order valence-electron chi connectivity index (χ2n) is 8.81. The third kappa shape index (κ3) is 6.50. The molecule has 0 aliphatic heterocycles. The highest BCUT2D eigenvalue weighted by molar-refractivity contribution is 5.99. The van der Waals surface area contributed by atoms with Gasteiger partial charge >= 0.3 is 5.97 Å². The summed E-state index contributed by atoms with van der Waals surface area (Å²) in [5.41, 5.74) is 1.39. The van der Waals surface area contributed by atoms with E-state index in [1.165, 1.54) is 13.8 Å². The highest BCUT2D eigenvalue weighted by Crippen LogP contribution is 2.27. The summed E-state index contributed by atoms with van der Waals surface area (Å²) in [4.78, 5) is 24.3. The zero-order valence-corrected chi connectivity index (χ0v) is 20.9. The molecule has 6 nitrogen and oxygen atoms in total. The SMILES string of the molecule is C\C=C(/C=C(O)\C(C(=O)NCC(C)(C)C(=O)O)=C(/C)CC)c1ccc2cc(OCC)ccc2c1. The van der Waals surface area contributed by atoms with Gasteiger partial charge < -0.3 is 20.3 Å². The number of aliphatic carboxylic acids is 1. The van der Waals surface area contributed by atoms with Gasteiger partial charge in [0.05, 0.1) is 17.6 Å². The Labute approximate surface area is 201 Å². The molecule has 0 saturated carbocycles. The quantitative estimate of drug-likeness (QED) is 0.226. The number of carbonyl (C=O) groups excluding carboxylic acids is 1. The Hall–Kier alpha value is -3.54. The summed E-state index contributed by atoms with van der Waals surface area (Å²) in [7, 11) is 0. The zero-order chi connectivity index (χ0) is 25.5. The number of fused-ring (bicyclic) bond motifs is 1. The summed E-state index contributed by atoms with van der Waals surface area (Å²) in [5.74, 6) is -0.857. The van der Waals surface area contributed by atoms with Crippen molar-refractivity contribution in [3.8, 4) is 5.75 Å². The molecule has 0 aliphatic rings. The summed E-state index contributed by atoms with van der Waals surface area (Å²) >= 11 is 0. The van der Waals surface area contributed by atoms with Crippen LogP contribution in [-0.2, 0) is 9.59 Å². The van der Waals surface area contributed by atoms with Crippen LogP contribution in [0.2, 0.25) is 0 Å². The molecule has 0 unspecified atom stereocenters. The fourth-order valence-corrected chi connectivity index (χ4v) is 3.38. The minimum atomic E-state index is -1.12. The molecule has 0 aromatic heterocycles. The maximum atomic E-state index is 12.9. The minimum absolute atomic E-state index is 0.0557. The third-order valence-corrected chi connectivity index (χ3v) is 5.77. The lowest BCUT2D eigenvalue weighted by Gasteiger charge is -2.20. The van der Waals surface area contributed by atoms with Crippen molar-refractivity contribution in [2.45, 2.75) is 48.0 Å². The van der Waals surface area contributed by atoms with Crippen LogP contribution in [0, 0.1) is 5.41 Å². The van der Waals surface area contributed by atoms with Gasteiger partial charge in [-0.05, 0) is 87.2 Å². The van der Waals surface area contributed by atoms with Crippen LogP contribution < -0.4 is 10.1 Å².